The lowest BCUT2D eigenvalue weighted by molar-refractivity contribution is -0.128. The standard InChI is InChI=1S/C11H17NO/c1-8(13)12-6-10-3-2-9-4-5-11(9,10)7-12/h9-10H,2-7H2,1H3. The number of rotatable bonds is 0. The van der Waals surface area contributed by atoms with Crippen LogP contribution in [0.4, 0.5) is 0 Å². The molecular formula is C11H17NO. The van der Waals surface area contributed by atoms with Crippen molar-refractivity contribution in [1.29, 1.82) is 0 Å². The fourth-order valence-corrected chi connectivity index (χ4v) is 3.91. The van der Waals surface area contributed by atoms with E-state index in [1.165, 1.54) is 25.7 Å². The Hall–Kier alpha value is -0.530. The molecule has 3 fully saturated rings. The Kier molecular flexibility index (Phi) is 1.38. The Bertz CT molecular complexity index is 263. The van der Waals surface area contributed by atoms with Gasteiger partial charge in [0.15, 0.2) is 0 Å². The van der Waals surface area contributed by atoms with Crippen LogP contribution in [0, 0.1) is 17.3 Å². The molecule has 0 bridgehead atoms. The lowest BCUT2D eigenvalue weighted by atomic mass is 9.60. The SMILES string of the molecule is CC(=O)N1CC2CCC3CCC32C1. The van der Waals surface area contributed by atoms with Gasteiger partial charge in [0.2, 0.25) is 5.91 Å². The normalized spacial score (nSPS) is 47.0. The molecule has 1 spiro atoms. The third-order valence-corrected chi connectivity index (χ3v) is 4.82. The molecule has 1 heterocycles. The predicted molar refractivity (Wildman–Crippen MR) is 50.1 cm³/mol. The quantitative estimate of drug-likeness (QED) is 0.553. The fourth-order valence-electron chi connectivity index (χ4n) is 3.91. The highest BCUT2D eigenvalue weighted by atomic mass is 16.2. The smallest absolute Gasteiger partial charge is 0.219 e. The van der Waals surface area contributed by atoms with Crippen molar-refractivity contribution in [2.45, 2.75) is 32.6 Å². The molecule has 1 saturated heterocycles. The average Bonchev–Trinajstić information content (AvgIpc) is 2.52. The molecule has 0 aromatic rings. The van der Waals surface area contributed by atoms with Crippen molar-refractivity contribution >= 4 is 5.91 Å². The van der Waals surface area contributed by atoms with Gasteiger partial charge in [-0.15, -0.1) is 0 Å². The van der Waals surface area contributed by atoms with Gasteiger partial charge in [0.25, 0.3) is 0 Å². The van der Waals surface area contributed by atoms with Gasteiger partial charge in [0.1, 0.15) is 0 Å². The molecule has 0 N–H and O–H groups in total. The monoisotopic (exact) mass is 179 g/mol. The summed E-state index contributed by atoms with van der Waals surface area (Å²) in [5, 5.41) is 0. The van der Waals surface area contributed by atoms with Crippen molar-refractivity contribution in [1.82, 2.24) is 4.90 Å². The summed E-state index contributed by atoms with van der Waals surface area (Å²) < 4.78 is 0. The van der Waals surface area contributed by atoms with Crippen LogP contribution < -0.4 is 0 Å². The number of hydrogen-bond donors (Lipinski definition) is 0. The molecule has 0 radical (unpaired) electrons. The van der Waals surface area contributed by atoms with Crippen molar-refractivity contribution < 1.29 is 4.79 Å². The van der Waals surface area contributed by atoms with Crippen LogP contribution >= 0.6 is 0 Å². The molecule has 1 amide bonds. The molecule has 2 nitrogen and oxygen atoms in total. The lowest BCUT2D eigenvalue weighted by Crippen LogP contribution is -2.42. The summed E-state index contributed by atoms with van der Waals surface area (Å²) in [7, 11) is 0. The van der Waals surface area contributed by atoms with Crippen LogP contribution in [0.3, 0.4) is 0 Å². The van der Waals surface area contributed by atoms with Crippen molar-refractivity contribution in [2.75, 3.05) is 13.1 Å². The van der Waals surface area contributed by atoms with Crippen molar-refractivity contribution in [3.63, 3.8) is 0 Å². The second kappa shape index (κ2) is 2.28. The molecule has 2 saturated carbocycles. The third-order valence-electron chi connectivity index (χ3n) is 4.82. The van der Waals surface area contributed by atoms with Gasteiger partial charge in [-0.05, 0) is 42.9 Å². The summed E-state index contributed by atoms with van der Waals surface area (Å²) in [4.78, 5) is 13.4. The summed E-state index contributed by atoms with van der Waals surface area (Å²) in [6.45, 7) is 3.86. The largest absolute Gasteiger partial charge is 0.342 e. The first kappa shape index (κ1) is 7.84. The predicted octanol–water partition coefficient (Wildman–Crippen LogP) is 1.65. The third kappa shape index (κ3) is 0.818. The van der Waals surface area contributed by atoms with Gasteiger partial charge in [-0.2, -0.15) is 0 Å². The van der Waals surface area contributed by atoms with Crippen LogP contribution in [0.15, 0.2) is 0 Å². The van der Waals surface area contributed by atoms with Crippen LogP contribution in [0.1, 0.15) is 32.6 Å². The van der Waals surface area contributed by atoms with Crippen molar-refractivity contribution in [3.8, 4) is 0 Å². The second-order valence-electron chi connectivity index (χ2n) is 5.14. The van der Waals surface area contributed by atoms with E-state index in [-0.39, 0.29) is 5.91 Å². The number of hydrogen-bond acceptors (Lipinski definition) is 1. The van der Waals surface area contributed by atoms with E-state index < -0.39 is 0 Å². The highest BCUT2D eigenvalue weighted by molar-refractivity contribution is 5.73. The van der Waals surface area contributed by atoms with Gasteiger partial charge in [-0.3, -0.25) is 4.79 Å². The Morgan fingerprint density at radius 1 is 1.31 bits per heavy atom. The highest BCUT2D eigenvalue weighted by Gasteiger charge is 2.60. The van der Waals surface area contributed by atoms with E-state index in [1.54, 1.807) is 6.92 Å². The van der Waals surface area contributed by atoms with E-state index in [1.807, 2.05) is 0 Å². The van der Waals surface area contributed by atoms with Gasteiger partial charge >= 0.3 is 0 Å². The van der Waals surface area contributed by atoms with Gasteiger partial charge in [-0.1, -0.05) is 0 Å². The molecule has 1 aliphatic heterocycles. The first-order valence-corrected chi connectivity index (χ1v) is 5.48. The van der Waals surface area contributed by atoms with Crippen LogP contribution in [-0.2, 0) is 4.79 Å². The van der Waals surface area contributed by atoms with Crippen LogP contribution in [0.2, 0.25) is 0 Å². The maximum absolute atomic E-state index is 11.3. The van der Waals surface area contributed by atoms with Crippen LogP contribution in [-0.4, -0.2) is 23.9 Å². The minimum atomic E-state index is 0.287. The highest BCUT2D eigenvalue weighted by Crippen LogP contribution is 2.63. The van der Waals surface area contributed by atoms with Crippen LogP contribution in [0.5, 0.6) is 0 Å². The molecule has 0 aromatic heterocycles. The molecule has 0 aromatic carbocycles. The Morgan fingerprint density at radius 2 is 2.08 bits per heavy atom. The summed E-state index contributed by atoms with van der Waals surface area (Å²) in [6.07, 6.45) is 5.65. The Balaban J connectivity index is 1.84. The van der Waals surface area contributed by atoms with Gasteiger partial charge in [0, 0.05) is 20.0 Å². The first-order valence-electron chi connectivity index (χ1n) is 5.48. The zero-order valence-electron chi connectivity index (χ0n) is 8.25. The zero-order valence-corrected chi connectivity index (χ0v) is 8.25. The topological polar surface area (TPSA) is 20.3 Å². The summed E-state index contributed by atoms with van der Waals surface area (Å²) in [5.41, 5.74) is 0.603. The van der Waals surface area contributed by atoms with E-state index in [2.05, 4.69) is 4.90 Å². The average molecular weight is 179 g/mol. The number of carbonyl (C=O) groups excluding carboxylic acids is 1. The molecule has 3 aliphatic rings. The lowest BCUT2D eigenvalue weighted by Gasteiger charge is -2.45. The number of nitrogens with zero attached hydrogens (tertiary/aromatic N) is 1. The fraction of sp³-hybridized carbons (Fsp3) is 0.909. The number of carbonyl (C=O) groups is 1. The van der Waals surface area contributed by atoms with Gasteiger partial charge in [0.05, 0.1) is 0 Å². The van der Waals surface area contributed by atoms with Gasteiger partial charge in [-0.25, -0.2) is 0 Å². The molecule has 2 heteroatoms. The minimum Gasteiger partial charge on any atom is -0.342 e. The second-order valence-corrected chi connectivity index (χ2v) is 5.14. The Morgan fingerprint density at radius 3 is 2.62 bits per heavy atom. The van der Waals surface area contributed by atoms with E-state index in [0.29, 0.717) is 5.41 Å². The molecule has 3 unspecified atom stereocenters. The molecule has 3 rings (SSSR count). The maximum atomic E-state index is 11.3. The minimum absolute atomic E-state index is 0.287. The molecule has 2 aliphatic carbocycles. The zero-order chi connectivity index (χ0) is 9.05. The van der Waals surface area contributed by atoms with E-state index in [0.717, 1.165) is 24.9 Å². The molecule has 72 valence electrons. The summed E-state index contributed by atoms with van der Waals surface area (Å²) in [5.74, 6) is 2.12. The number of likely N-dealkylation sites (tertiary alicyclic amines) is 1. The molecule has 3 atom stereocenters. The first-order chi connectivity index (χ1) is 6.22. The maximum Gasteiger partial charge on any atom is 0.219 e. The van der Waals surface area contributed by atoms with Crippen LogP contribution in [0.25, 0.3) is 0 Å². The van der Waals surface area contributed by atoms with Crippen molar-refractivity contribution in [2.24, 2.45) is 17.3 Å². The van der Waals surface area contributed by atoms with E-state index in [4.69, 9.17) is 0 Å². The number of amides is 1. The Labute approximate surface area is 79.3 Å². The van der Waals surface area contributed by atoms with E-state index in [9.17, 15) is 4.79 Å². The summed E-state index contributed by atoms with van der Waals surface area (Å²) in [6, 6.07) is 0. The molecular weight excluding hydrogens is 162 g/mol. The van der Waals surface area contributed by atoms with E-state index >= 15 is 0 Å². The molecule has 13 heavy (non-hydrogen) atoms. The summed E-state index contributed by atoms with van der Waals surface area (Å²) >= 11 is 0. The van der Waals surface area contributed by atoms with Gasteiger partial charge < -0.3 is 4.90 Å². The van der Waals surface area contributed by atoms with Crippen molar-refractivity contribution in [3.05, 3.63) is 0 Å².